The van der Waals surface area contributed by atoms with Gasteiger partial charge in [0.2, 0.25) is 0 Å². The van der Waals surface area contributed by atoms with Gasteiger partial charge in [-0.15, -0.1) is 0 Å². The Kier molecular flexibility index (Phi) is 5.38. The number of furan rings is 1. The second kappa shape index (κ2) is 8.32. The molecular weight excluding hydrogens is 392 g/mol. The van der Waals surface area contributed by atoms with Crippen LogP contribution in [0.4, 0.5) is 0 Å². The zero-order valence-electron chi connectivity index (χ0n) is 17.8. The van der Waals surface area contributed by atoms with Crippen LogP contribution in [0.3, 0.4) is 0 Å². The Bertz CT molecular complexity index is 1160. The fourth-order valence-electron chi connectivity index (χ4n) is 5.20. The number of hydrogen-bond acceptors (Lipinski definition) is 5. The van der Waals surface area contributed by atoms with E-state index in [9.17, 15) is 9.59 Å². The number of piperidine rings is 1. The molecule has 31 heavy (non-hydrogen) atoms. The molecule has 0 aliphatic carbocycles. The molecule has 1 fully saturated rings. The van der Waals surface area contributed by atoms with Gasteiger partial charge in [-0.3, -0.25) is 19.4 Å². The van der Waals surface area contributed by atoms with Crippen LogP contribution in [-0.2, 0) is 26.2 Å². The molecule has 7 heteroatoms. The molecule has 1 saturated heterocycles. The Morgan fingerprint density at radius 2 is 2.00 bits per heavy atom. The van der Waals surface area contributed by atoms with Crippen LogP contribution in [0, 0.1) is 5.92 Å². The van der Waals surface area contributed by atoms with Crippen molar-refractivity contribution in [1.82, 2.24) is 19.4 Å². The second-order valence-corrected chi connectivity index (χ2v) is 9.02. The lowest BCUT2D eigenvalue weighted by Gasteiger charge is -2.43. The summed E-state index contributed by atoms with van der Waals surface area (Å²) in [7, 11) is 2.02. The fraction of sp³-hybridized carbons (Fsp3) is 0.417. The topological polar surface area (TPSA) is 74.5 Å². The van der Waals surface area contributed by atoms with Crippen molar-refractivity contribution in [2.45, 2.75) is 38.5 Å². The first kappa shape index (κ1) is 20.0. The number of fused-ring (bicyclic) bond motifs is 4. The van der Waals surface area contributed by atoms with Crippen LogP contribution in [-0.4, -0.2) is 39.5 Å². The van der Waals surface area contributed by atoms with Gasteiger partial charge in [0.1, 0.15) is 0 Å². The zero-order chi connectivity index (χ0) is 21.4. The summed E-state index contributed by atoms with van der Waals surface area (Å²) in [5, 5.41) is 0. The summed E-state index contributed by atoms with van der Waals surface area (Å²) in [6.07, 6.45) is 6.20. The first-order valence-electron chi connectivity index (χ1n) is 10.9. The van der Waals surface area contributed by atoms with Gasteiger partial charge in [0.05, 0.1) is 12.5 Å². The van der Waals surface area contributed by atoms with Gasteiger partial charge in [0.15, 0.2) is 0 Å². The van der Waals surface area contributed by atoms with E-state index < -0.39 is 0 Å². The molecule has 0 amide bonds. The molecular formula is C24H28N4O3. The number of rotatable bonds is 6. The summed E-state index contributed by atoms with van der Waals surface area (Å²) >= 11 is 0. The van der Waals surface area contributed by atoms with Crippen molar-refractivity contribution in [1.29, 1.82) is 0 Å². The molecule has 0 aromatic carbocycles. The van der Waals surface area contributed by atoms with Crippen molar-refractivity contribution < 1.29 is 4.42 Å². The summed E-state index contributed by atoms with van der Waals surface area (Å²) in [4.78, 5) is 32.6. The molecule has 0 unspecified atom stereocenters. The summed E-state index contributed by atoms with van der Waals surface area (Å²) < 4.78 is 7.15. The molecule has 2 bridgehead atoms. The Labute approximate surface area is 180 Å². The number of likely N-dealkylation sites (tertiary alicyclic amines) is 1. The average Bonchev–Trinajstić information content (AvgIpc) is 3.25. The third-order valence-electron chi connectivity index (χ3n) is 6.53. The minimum atomic E-state index is -0.0148. The lowest BCUT2D eigenvalue weighted by molar-refractivity contribution is 0.113. The fourth-order valence-corrected chi connectivity index (χ4v) is 5.20. The van der Waals surface area contributed by atoms with Crippen molar-refractivity contribution in [3.8, 4) is 0 Å². The van der Waals surface area contributed by atoms with Gasteiger partial charge in [0, 0.05) is 73.8 Å². The van der Waals surface area contributed by atoms with Gasteiger partial charge >= 0.3 is 0 Å². The summed E-state index contributed by atoms with van der Waals surface area (Å²) in [6, 6.07) is 9.87. The van der Waals surface area contributed by atoms with Gasteiger partial charge in [-0.1, -0.05) is 12.1 Å². The highest BCUT2D eigenvalue weighted by molar-refractivity contribution is 5.23. The van der Waals surface area contributed by atoms with Crippen molar-refractivity contribution in [3.63, 3.8) is 0 Å². The van der Waals surface area contributed by atoms with Crippen LogP contribution in [0.2, 0.25) is 0 Å². The quantitative estimate of drug-likeness (QED) is 0.663. The summed E-state index contributed by atoms with van der Waals surface area (Å²) in [5.74, 6) is 0.770. The lowest BCUT2D eigenvalue weighted by Crippen LogP contribution is -2.47. The lowest BCUT2D eigenvalue weighted by atomic mass is 9.83. The third kappa shape index (κ3) is 4.16. The van der Waals surface area contributed by atoms with Gasteiger partial charge in [-0.05, 0) is 37.6 Å². The van der Waals surface area contributed by atoms with E-state index in [-0.39, 0.29) is 11.1 Å². The Morgan fingerprint density at radius 3 is 2.81 bits per heavy atom. The van der Waals surface area contributed by atoms with Gasteiger partial charge < -0.3 is 14.0 Å². The molecule has 2 aliphatic heterocycles. The molecule has 7 nitrogen and oxygen atoms in total. The van der Waals surface area contributed by atoms with Crippen LogP contribution in [0.15, 0.2) is 63.1 Å². The number of H-pyrrole nitrogens is 1. The number of hydrogen-bond donors (Lipinski definition) is 1. The van der Waals surface area contributed by atoms with Crippen molar-refractivity contribution in [2.24, 2.45) is 5.92 Å². The van der Waals surface area contributed by atoms with Crippen LogP contribution in [0.5, 0.6) is 0 Å². The van der Waals surface area contributed by atoms with Crippen molar-refractivity contribution in [2.75, 3.05) is 20.1 Å². The van der Waals surface area contributed by atoms with Crippen LogP contribution >= 0.6 is 0 Å². The summed E-state index contributed by atoms with van der Waals surface area (Å²) in [6.45, 7) is 4.57. The molecule has 0 spiro atoms. The molecule has 5 rings (SSSR count). The monoisotopic (exact) mass is 420 g/mol. The highest BCUT2D eigenvalue weighted by Gasteiger charge is 2.35. The number of nitrogens with zero attached hydrogens (tertiary/aromatic N) is 3. The SMILES string of the molecule is CN(Cc1ccoc1)Cc1ccc2n(c1=O)C[C@H]1C[C@@H]2CN(Cc2ccc[nH]c2=O)C1. The van der Waals surface area contributed by atoms with Gasteiger partial charge in [-0.25, -0.2) is 0 Å². The molecule has 162 valence electrons. The molecule has 0 radical (unpaired) electrons. The largest absolute Gasteiger partial charge is 0.472 e. The molecule has 3 aromatic heterocycles. The highest BCUT2D eigenvalue weighted by atomic mass is 16.3. The van der Waals surface area contributed by atoms with Gasteiger partial charge in [-0.2, -0.15) is 0 Å². The van der Waals surface area contributed by atoms with E-state index in [1.807, 2.05) is 35.9 Å². The maximum atomic E-state index is 13.3. The smallest absolute Gasteiger partial charge is 0.255 e. The van der Waals surface area contributed by atoms with E-state index in [2.05, 4.69) is 20.9 Å². The molecule has 5 heterocycles. The number of aromatic nitrogens is 2. The number of nitrogens with one attached hydrogen (secondary N) is 1. The first-order chi connectivity index (χ1) is 15.1. The minimum Gasteiger partial charge on any atom is -0.472 e. The van der Waals surface area contributed by atoms with E-state index in [4.69, 9.17) is 4.42 Å². The maximum Gasteiger partial charge on any atom is 0.255 e. The normalized spacial score (nSPS) is 20.7. The zero-order valence-corrected chi connectivity index (χ0v) is 17.8. The van der Waals surface area contributed by atoms with E-state index >= 15 is 0 Å². The van der Waals surface area contributed by atoms with E-state index in [0.717, 1.165) is 55.0 Å². The van der Waals surface area contributed by atoms with E-state index in [1.54, 1.807) is 18.7 Å². The van der Waals surface area contributed by atoms with Gasteiger partial charge in [0.25, 0.3) is 11.1 Å². The molecule has 2 aliphatic rings. The molecule has 0 saturated carbocycles. The average molecular weight is 421 g/mol. The van der Waals surface area contributed by atoms with Crippen molar-refractivity contribution in [3.05, 3.63) is 92.1 Å². The van der Waals surface area contributed by atoms with E-state index in [0.29, 0.717) is 24.9 Å². The highest BCUT2D eigenvalue weighted by Crippen LogP contribution is 2.35. The maximum absolute atomic E-state index is 13.3. The van der Waals surface area contributed by atoms with Crippen LogP contribution in [0.1, 0.15) is 34.7 Å². The Morgan fingerprint density at radius 1 is 1.10 bits per heavy atom. The third-order valence-corrected chi connectivity index (χ3v) is 6.53. The minimum absolute atomic E-state index is 0.0148. The second-order valence-electron chi connectivity index (χ2n) is 9.02. The van der Waals surface area contributed by atoms with Crippen molar-refractivity contribution >= 4 is 0 Å². The first-order valence-corrected chi connectivity index (χ1v) is 10.9. The van der Waals surface area contributed by atoms with Crippen LogP contribution < -0.4 is 11.1 Å². The number of pyridine rings is 2. The van der Waals surface area contributed by atoms with E-state index in [1.165, 1.54) is 0 Å². The number of aromatic amines is 1. The summed E-state index contributed by atoms with van der Waals surface area (Å²) in [5.41, 5.74) is 4.00. The predicted molar refractivity (Wildman–Crippen MR) is 118 cm³/mol. The molecule has 1 N–H and O–H groups in total. The van der Waals surface area contributed by atoms with Crippen LogP contribution in [0.25, 0.3) is 0 Å². The standard InChI is InChI=1S/C24H28N4O3/c1-26(10-17-6-8-31-16-17)13-20-4-5-22-21-9-18(12-28(22)24(20)30)11-27(15-21)14-19-3-2-7-25-23(19)29/h2-8,16,18,21H,9-15H2,1H3,(H,25,29)/t18-,21+/m0/s1. The molecule has 3 aromatic rings. The predicted octanol–water partition coefficient (Wildman–Crippen LogP) is 2.38. The Balaban J connectivity index is 1.32. The Hall–Kier alpha value is -2.90. The molecule has 2 atom stereocenters.